The first-order valence-corrected chi connectivity index (χ1v) is 8.27. The fraction of sp³-hybridized carbons (Fsp3) is 0.600. The number of nitrogens with zero attached hydrogens (tertiary/aromatic N) is 2. The van der Waals surface area contributed by atoms with Crippen LogP contribution in [0.25, 0.3) is 0 Å². The Balaban J connectivity index is 2.91. The molecule has 1 aromatic heterocycles. The molecule has 1 heterocycles. The van der Waals surface area contributed by atoms with Crippen LogP contribution >= 0.6 is 11.3 Å². The van der Waals surface area contributed by atoms with Crippen LogP contribution in [0.5, 0.6) is 0 Å². The molecule has 1 rings (SSSR count). The predicted octanol–water partition coefficient (Wildman–Crippen LogP) is 0.274. The maximum atomic E-state index is 12.1. The molecule has 118 valence electrons. The van der Waals surface area contributed by atoms with Gasteiger partial charge in [0.05, 0.1) is 6.42 Å². The van der Waals surface area contributed by atoms with Crippen LogP contribution in [0, 0.1) is 5.92 Å². The number of rotatable bonds is 7. The Hall–Kier alpha value is -1.59. The second kappa shape index (κ2) is 6.91. The second-order valence-corrected chi connectivity index (χ2v) is 7.49. The highest BCUT2D eigenvalue weighted by atomic mass is 32.2. The van der Waals surface area contributed by atoms with Gasteiger partial charge in [-0.1, -0.05) is 25.2 Å². The molecule has 0 saturated carbocycles. The Labute approximate surface area is 125 Å². The number of carboxylic acids is 1. The maximum absolute atomic E-state index is 12.1. The van der Waals surface area contributed by atoms with Crippen molar-refractivity contribution in [3.63, 3.8) is 0 Å². The lowest BCUT2D eigenvalue weighted by molar-refractivity contribution is -0.137. The van der Waals surface area contributed by atoms with E-state index < -0.39 is 27.9 Å². The van der Waals surface area contributed by atoms with E-state index >= 15 is 0 Å². The van der Waals surface area contributed by atoms with E-state index in [2.05, 4.69) is 20.2 Å². The second-order valence-electron chi connectivity index (χ2n) is 4.62. The minimum Gasteiger partial charge on any atom is -0.481 e. The molecule has 1 atom stereocenters. The van der Waals surface area contributed by atoms with E-state index in [9.17, 15) is 18.0 Å². The quantitative estimate of drug-likeness (QED) is 0.608. The van der Waals surface area contributed by atoms with Crippen LogP contribution < -0.4 is 10.0 Å². The number of nitrogens with one attached hydrogen (secondary N) is 2. The molecule has 1 amide bonds. The molecule has 0 radical (unpaired) electrons. The first kappa shape index (κ1) is 17.5. The molecule has 1 unspecified atom stereocenters. The van der Waals surface area contributed by atoms with E-state index in [-0.39, 0.29) is 21.8 Å². The van der Waals surface area contributed by atoms with Crippen molar-refractivity contribution in [3.05, 3.63) is 0 Å². The van der Waals surface area contributed by atoms with Crippen LogP contribution in [0.4, 0.5) is 5.13 Å². The highest BCUT2D eigenvalue weighted by molar-refractivity contribution is 7.91. The van der Waals surface area contributed by atoms with Crippen LogP contribution in [0.1, 0.15) is 27.2 Å². The monoisotopic (exact) mass is 336 g/mol. The molecule has 0 saturated heterocycles. The third kappa shape index (κ3) is 5.36. The van der Waals surface area contributed by atoms with Crippen molar-refractivity contribution in [1.29, 1.82) is 0 Å². The highest BCUT2D eigenvalue weighted by Gasteiger charge is 2.27. The predicted molar refractivity (Wildman–Crippen MR) is 75.4 cm³/mol. The fourth-order valence-electron chi connectivity index (χ4n) is 1.37. The number of aromatic nitrogens is 2. The molecule has 0 fully saturated rings. The van der Waals surface area contributed by atoms with Gasteiger partial charge in [0.2, 0.25) is 15.4 Å². The molecular weight excluding hydrogens is 320 g/mol. The maximum Gasteiger partial charge on any atom is 0.304 e. The first-order valence-electron chi connectivity index (χ1n) is 5.97. The number of carbonyl (C=O) groups excluding carboxylic acids is 1. The van der Waals surface area contributed by atoms with Gasteiger partial charge in [0.15, 0.2) is 0 Å². The highest BCUT2D eigenvalue weighted by Crippen LogP contribution is 2.21. The molecule has 11 heteroatoms. The lowest BCUT2D eigenvalue weighted by Crippen LogP contribution is -2.40. The van der Waals surface area contributed by atoms with Crippen LogP contribution in [0.15, 0.2) is 4.34 Å². The van der Waals surface area contributed by atoms with Crippen molar-refractivity contribution in [3.8, 4) is 0 Å². The number of sulfonamides is 1. The third-order valence-corrected chi connectivity index (χ3v) is 5.12. The molecule has 1 aromatic rings. The Bertz CT molecular complexity index is 625. The summed E-state index contributed by atoms with van der Waals surface area (Å²) >= 11 is 0.689. The number of carboxylic acid groups (broad SMARTS) is 1. The summed E-state index contributed by atoms with van der Waals surface area (Å²) in [5, 5.41) is 18.2. The molecule has 0 aromatic carbocycles. The van der Waals surface area contributed by atoms with Crippen molar-refractivity contribution < 1.29 is 23.1 Å². The normalized spacial score (nSPS) is 13.1. The summed E-state index contributed by atoms with van der Waals surface area (Å²) in [7, 11) is -3.98. The smallest absolute Gasteiger partial charge is 0.304 e. The number of aliphatic carboxylic acids is 1. The van der Waals surface area contributed by atoms with Crippen molar-refractivity contribution in [2.24, 2.45) is 5.92 Å². The average Bonchev–Trinajstić information content (AvgIpc) is 2.75. The van der Waals surface area contributed by atoms with Crippen molar-refractivity contribution >= 4 is 38.4 Å². The van der Waals surface area contributed by atoms with E-state index in [0.29, 0.717) is 11.3 Å². The minimum atomic E-state index is -3.98. The van der Waals surface area contributed by atoms with Gasteiger partial charge in [-0.05, 0) is 5.92 Å². The standard InChI is InChI=1S/C10H16N4O5S2/c1-5(2)7(4-8(16)17)14-21(18,19)10-13-12-9(20-10)11-6(3)15/h5,7,14H,4H2,1-3H3,(H,16,17)(H,11,12,15). The van der Waals surface area contributed by atoms with E-state index in [1.165, 1.54) is 6.92 Å². The summed E-state index contributed by atoms with van der Waals surface area (Å²) in [6.07, 6.45) is -0.339. The lowest BCUT2D eigenvalue weighted by atomic mass is 10.0. The van der Waals surface area contributed by atoms with Crippen LogP contribution in [0.3, 0.4) is 0 Å². The number of anilines is 1. The molecule has 0 aliphatic carbocycles. The number of hydrogen-bond acceptors (Lipinski definition) is 7. The number of carbonyl (C=O) groups is 2. The van der Waals surface area contributed by atoms with Crippen molar-refractivity contribution in [2.45, 2.75) is 37.6 Å². The van der Waals surface area contributed by atoms with Crippen molar-refractivity contribution in [1.82, 2.24) is 14.9 Å². The zero-order valence-electron chi connectivity index (χ0n) is 11.7. The Morgan fingerprint density at radius 3 is 2.43 bits per heavy atom. The number of amides is 1. The fourth-order valence-corrected chi connectivity index (χ4v) is 3.72. The van der Waals surface area contributed by atoms with E-state index in [0.717, 1.165) is 0 Å². The summed E-state index contributed by atoms with van der Waals surface area (Å²) in [5.74, 6) is -1.71. The van der Waals surface area contributed by atoms with Gasteiger partial charge in [-0.3, -0.25) is 9.59 Å². The van der Waals surface area contributed by atoms with Crippen LogP contribution in [0.2, 0.25) is 0 Å². The van der Waals surface area contributed by atoms with Crippen LogP contribution in [-0.4, -0.2) is 41.6 Å². The van der Waals surface area contributed by atoms with Crippen LogP contribution in [-0.2, 0) is 19.6 Å². The Kier molecular flexibility index (Phi) is 5.75. The van der Waals surface area contributed by atoms with Gasteiger partial charge in [0.25, 0.3) is 10.0 Å². The summed E-state index contributed by atoms with van der Waals surface area (Å²) in [4.78, 5) is 21.6. The molecule has 3 N–H and O–H groups in total. The topological polar surface area (TPSA) is 138 Å². The first-order chi connectivity index (χ1) is 9.61. The summed E-state index contributed by atoms with van der Waals surface area (Å²) in [6.45, 7) is 4.67. The summed E-state index contributed by atoms with van der Waals surface area (Å²) < 4.78 is 26.2. The van der Waals surface area contributed by atoms with E-state index in [1.54, 1.807) is 13.8 Å². The number of hydrogen-bond donors (Lipinski definition) is 3. The largest absolute Gasteiger partial charge is 0.481 e. The van der Waals surface area contributed by atoms with Gasteiger partial charge < -0.3 is 10.4 Å². The molecule has 0 bridgehead atoms. The zero-order chi connectivity index (χ0) is 16.2. The van der Waals surface area contributed by atoms with Gasteiger partial charge >= 0.3 is 5.97 Å². The summed E-state index contributed by atoms with van der Waals surface area (Å²) in [6, 6.07) is -0.763. The average molecular weight is 336 g/mol. The molecule has 0 aliphatic rings. The Morgan fingerprint density at radius 1 is 1.33 bits per heavy atom. The van der Waals surface area contributed by atoms with Gasteiger partial charge in [-0.25, -0.2) is 13.1 Å². The summed E-state index contributed by atoms with van der Waals surface area (Å²) in [5.41, 5.74) is 0. The van der Waals surface area contributed by atoms with Gasteiger partial charge in [0.1, 0.15) is 0 Å². The molecule has 0 spiro atoms. The van der Waals surface area contributed by atoms with Gasteiger partial charge in [-0.2, -0.15) is 0 Å². The Morgan fingerprint density at radius 2 is 1.95 bits per heavy atom. The van der Waals surface area contributed by atoms with E-state index in [4.69, 9.17) is 5.11 Å². The van der Waals surface area contributed by atoms with Gasteiger partial charge in [0, 0.05) is 13.0 Å². The lowest BCUT2D eigenvalue weighted by Gasteiger charge is -2.19. The SMILES string of the molecule is CC(=O)Nc1nnc(S(=O)(=O)NC(CC(=O)O)C(C)C)s1. The molecular formula is C10H16N4O5S2. The minimum absolute atomic E-state index is 0.0576. The molecule has 9 nitrogen and oxygen atoms in total. The van der Waals surface area contributed by atoms with Crippen molar-refractivity contribution in [2.75, 3.05) is 5.32 Å². The van der Waals surface area contributed by atoms with E-state index in [1.807, 2.05) is 0 Å². The molecule has 0 aliphatic heterocycles. The third-order valence-electron chi connectivity index (χ3n) is 2.43. The van der Waals surface area contributed by atoms with Gasteiger partial charge in [-0.15, -0.1) is 10.2 Å². The molecule has 21 heavy (non-hydrogen) atoms. The zero-order valence-corrected chi connectivity index (χ0v) is 13.3.